The van der Waals surface area contributed by atoms with Crippen LogP contribution in [0.15, 0.2) is 18.2 Å². The van der Waals surface area contributed by atoms with E-state index in [9.17, 15) is 19.1 Å². The highest BCUT2D eigenvalue weighted by molar-refractivity contribution is 7.50. The molecular formula is C8H7Cl2FNO6P. The van der Waals surface area contributed by atoms with Crippen molar-refractivity contribution >= 4 is 37.2 Å². The Morgan fingerprint density at radius 3 is 2.47 bits per heavy atom. The van der Waals surface area contributed by atoms with Crippen LogP contribution >= 0.6 is 31.6 Å². The maximum absolute atomic E-state index is 12.8. The largest absolute Gasteiger partial charge is 0.508 e. The molecule has 0 radical (unpaired) electrons. The summed E-state index contributed by atoms with van der Waals surface area (Å²) < 4.78 is 36.6. The monoisotopic (exact) mass is 333 g/mol. The van der Waals surface area contributed by atoms with Crippen molar-refractivity contribution in [2.45, 2.75) is 13.3 Å². The molecule has 0 aliphatic heterocycles. The van der Waals surface area contributed by atoms with Gasteiger partial charge >= 0.3 is 7.82 Å². The molecule has 0 aliphatic carbocycles. The van der Waals surface area contributed by atoms with Crippen molar-refractivity contribution in [2.75, 3.05) is 0 Å². The molecule has 106 valence electrons. The molecule has 0 aromatic heterocycles. The lowest BCUT2D eigenvalue weighted by molar-refractivity contribution is -0.385. The van der Waals surface area contributed by atoms with Crippen LogP contribution in [0, 0.1) is 10.1 Å². The lowest BCUT2D eigenvalue weighted by Gasteiger charge is -2.11. The molecule has 0 spiro atoms. The van der Waals surface area contributed by atoms with Crippen molar-refractivity contribution in [3.63, 3.8) is 0 Å². The summed E-state index contributed by atoms with van der Waals surface area (Å²) in [5.74, 6) is 0. The number of phosphoric acid groups is 1. The van der Waals surface area contributed by atoms with Crippen LogP contribution in [-0.2, 0) is 30.5 Å². The quantitative estimate of drug-likeness (QED) is 0.425. The van der Waals surface area contributed by atoms with Crippen molar-refractivity contribution in [3.8, 4) is 0 Å². The highest BCUT2D eigenvalue weighted by Crippen LogP contribution is 2.52. The first-order chi connectivity index (χ1) is 8.97. The molecule has 0 amide bonds. The molecule has 0 fully saturated rings. The van der Waals surface area contributed by atoms with Crippen LogP contribution in [0.1, 0.15) is 11.1 Å². The van der Waals surface area contributed by atoms with Crippen LogP contribution in [0.25, 0.3) is 0 Å². The fraction of sp³-hybridized carbons (Fsp3) is 0.250. The molecule has 1 rings (SSSR count). The Kier molecular flexibility index (Phi) is 6.12. The Bertz CT molecular complexity index is 508. The predicted molar refractivity (Wildman–Crippen MR) is 64.2 cm³/mol. The van der Waals surface area contributed by atoms with E-state index in [4.69, 9.17) is 23.7 Å². The Labute approximate surface area is 117 Å². The molecular weight excluding hydrogens is 327 g/mol. The highest BCUT2D eigenvalue weighted by Gasteiger charge is 2.28. The van der Waals surface area contributed by atoms with Crippen LogP contribution in [0.5, 0.6) is 0 Å². The zero-order chi connectivity index (χ0) is 14.5. The van der Waals surface area contributed by atoms with Crippen LogP contribution in [0.2, 0.25) is 0 Å². The standard InChI is InChI=1S/C8H7Cl2FNO6P/c9-17-19(15,18-10)16-5-6-2-1-3-8(12(13)14)7(6)4-11/h1-3H,4-5H2. The van der Waals surface area contributed by atoms with Gasteiger partial charge in [0.2, 0.25) is 0 Å². The van der Waals surface area contributed by atoms with Crippen LogP contribution in [0.3, 0.4) is 0 Å². The molecule has 0 aliphatic rings. The second-order valence-corrected chi connectivity index (χ2v) is 5.42. The molecule has 0 saturated heterocycles. The predicted octanol–water partition coefficient (Wildman–Crippen LogP) is 4.03. The van der Waals surface area contributed by atoms with Crippen molar-refractivity contribution in [2.24, 2.45) is 0 Å². The first-order valence-corrected chi connectivity index (χ1v) is 6.71. The zero-order valence-electron chi connectivity index (χ0n) is 9.12. The summed E-state index contributed by atoms with van der Waals surface area (Å²) in [6.45, 7) is -1.58. The number of hydrogen-bond donors (Lipinski definition) is 0. The van der Waals surface area contributed by atoms with Gasteiger partial charge in [0.25, 0.3) is 5.69 Å². The number of rotatable bonds is 7. The Hall–Kier alpha value is -0.760. The van der Waals surface area contributed by atoms with Gasteiger partial charge in [0, 0.05) is 6.07 Å². The second kappa shape index (κ2) is 7.14. The van der Waals surface area contributed by atoms with Gasteiger partial charge in [0.15, 0.2) is 0 Å². The maximum Gasteiger partial charge on any atom is 0.508 e. The Balaban J connectivity index is 2.99. The molecule has 0 atom stereocenters. The van der Waals surface area contributed by atoms with Gasteiger partial charge < -0.3 is 0 Å². The summed E-state index contributed by atoms with van der Waals surface area (Å²) in [6, 6.07) is 3.81. The molecule has 1 aromatic rings. The molecule has 0 bridgehead atoms. The summed E-state index contributed by atoms with van der Waals surface area (Å²) in [5, 5.41) is 10.7. The van der Waals surface area contributed by atoms with Crippen molar-refractivity contribution in [1.82, 2.24) is 0 Å². The summed E-state index contributed by atoms with van der Waals surface area (Å²) >= 11 is 9.70. The number of benzene rings is 1. The van der Waals surface area contributed by atoms with Gasteiger partial charge in [-0.25, -0.2) is 8.96 Å². The van der Waals surface area contributed by atoms with Crippen LogP contribution in [-0.4, -0.2) is 4.92 Å². The van der Waals surface area contributed by atoms with E-state index >= 15 is 0 Å². The minimum Gasteiger partial charge on any atom is -0.280 e. The fourth-order valence-electron chi connectivity index (χ4n) is 1.28. The van der Waals surface area contributed by atoms with E-state index < -0.39 is 31.7 Å². The normalized spacial score (nSPS) is 11.5. The van der Waals surface area contributed by atoms with Gasteiger partial charge in [0.05, 0.1) is 40.8 Å². The summed E-state index contributed by atoms with van der Waals surface area (Å²) in [7, 11) is -4.18. The van der Waals surface area contributed by atoms with E-state index in [2.05, 4.69) is 12.7 Å². The molecule has 0 heterocycles. The molecule has 0 unspecified atom stereocenters. The maximum atomic E-state index is 12.8. The second-order valence-electron chi connectivity index (χ2n) is 3.16. The Morgan fingerprint density at radius 1 is 1.37 bits per heavy atom. The van der Waals surface area contributed by atoms with Crippen molar-refractivity contribution in [3.05, 3.63) is 39.4 Å². The topological polar surface area (TPSA) is 87.9 Å². The van der Waals surface area contributed by atoms with E-state index in [1.165, 1.54) is 12.1 Å². The number of halogens is 3. The first kappa shape index (κ1) is 16.3. The van der Waals surface area contributed by atoms with E-state index in [1.807, 2.05) is 0 Å². The molecule has 0 saturated carbocycles. The summed E-state index contributed by atoms with van der Waals surface area (Å²) in [6.07, 6.45) is 0. The summed E-state index contributed by atoms with van der Waals surface area (Å²) in [5.41, 5.74) is -0.528. The molecule has 1 aromatic carbocycles. The van der Waals surface area contributed by atoms with Crippen molar-refractivity contribution in [1.29, 1.82) is 0 Å². The molecule has 11 heteroatoms. The summed E-state index contributed by atoms with van der Waals surface area (Å²) in [4.78, 5) is 9.96. The zero-order valence-corrected chi connectivity index (χ0v) is 11.5. The Morgan fingerprint density at radius 2 is 2.00 bits per heavy atom. The third-order valence-corrected chi connectivity index (χ3v) is 3.92. The average Bonchev–Trinajstić information content (AvgIpc) is 2.44. The van der Waals surface area contributed by atoms with Gasteiger partial charge in [-0.1, -0.05) is 12.1 Å². The fourth-order valence-corrected chi connectivity index (χ4v) is 2.17. The van der Waals surface area contributed by atoms with Crippen LogP contribution in [0.4, 0.5) is 10.1 Å². The first-order valence-electron chi connectivity index (χ1n) is 4.63. The number of nitro groups is 1. The lowest BCUT2D eigenvalue weighted by atomic mass is 10.1. The molecule has 7 nitrogen and oxygen atoms in total. The van der Waals surface area contributed by atoms with E-state index in [0.717, 1.165) is 6.07 Å². The minimum atomic E-state index is -4.18. The van der Waals surface area contributed by atoms with Gasteiger partial charge in [-0.3, -0.25) is 14.6 Å². The highest BCUT2D eigenvalue weighted by atomic mass is 35.5. The minimum absolute atomic E-state index is 0.0966. The number of nitrogens with zero attached hydrogens (tertiary/aromatic N) is 1. The smallest absolute Gasteiger partial charge is 0.280 e. The van der Waals surface area contributed by atoms with Gasteiger partial charge in [-0.2, -0.15) is 8.15 Å². The van der Waals surface area contributed by atoms with Crippen LogP contribution < -0.4 is 0 Å². The number of hydrogen-bond acceptors (Lipinski definition) is 6. The SMILES string of the molecule is O=[N+]([O-])c1cccc(COP(=O)(OCl)OCl)c1CF. The lowest BCUT2D eigenvalue weighted by Crippen LogP contribution is -2.01. The van der Waals surface area contributed by atoms with Gasteiger partial charge in [0.1, 0.15) is 6.67 Å². The van der Waals surface area contributed by atoms with Gasteiger partial charge in [-0.05, 0) is 5.56 Å². The van der Waals surface area contributed by atoms with Gasteiger partial charge in [-0.15, -0.1) is 0 Å². The third kappa shape index (κ3) is 4.10. The van der Waals surface area contributed by atoms with E-state index in [0.29, 0.717) is 0 Å². The van der Waals surface area contributed by atoms with E-state index in [1.54, 1.807) is 0 Å². The number of nitro benzene ring substituents is 1. The van der Waals surface area contributed by atoms with E-state index in [-0.39, 0.29) is 11.1 Å². The van der Waals surface area contributed by atoms with Crippen molar-refractivity contribution < 1.29 is 26.6 Å². The molecule has 0 N–H and O–H groups in total. The number of alkyl halides is 1. The average molecular weight is 334 g/mol. The third-order valence-electron chi connectivity index (χ3n) is 2.13. The molecule has 19 heavy (non-hydrogen) atoms.